The van der Waals surface area contributed by atoms with E-state index in [-0.39, 0.29) is 18.4 Å². The third-order valence-corrected chi connectivity index (χ3v) is 3.13. The Morgan fingerprint density at radius 3 is 2.65 bits per heavy atom. The molecule has 0 unspecified atom stereocenters. The molecule has 0 aliphatic heterocycles. The monoisotopic (exact) mass is 291 g/mol. The molecule has 1 aliphatic rings. The SMILES string of the molecule is CCNCc1ccnc(N(CC(F)(F)F)C2CC2)c1F. The smallest absolute Gasteiger partial charge is 0.342 e. The second-order valence-corrected chi connectivity index (χ2v) is 4.86. The normalized spacial score (nSPS) is 15.4. The summed E-state index contributed by atoms with van der Waals surface area (Å²) in [6.45, 7) is 1.65. The summed E-state index contributed by atoms with van der Waals surface area (Å²) < 4.78 is 52.1. The predicted octanol–water partition coefficient (Wildman–Crippen LogP) is 2.86. The third kappa shape index (κ3) is 3.82. The van der Waals surface area contributed by atoms with Crippen molar-refractivity contribution >= 4 is 5.82 Å². The van der Waals surface area contributed by atoms with Crippen LogP contribution in [0.4, 0.5) is 23.4 Å². The topological polar surface area (TPSA) is 28.2 Å². The van der Waals surface area contributed by atoms with Crippen molar-refractivity contribution in [3.05, 3.63) is 23.6 Å². The van der Waals surface area contributed by atoms with Crippen LogP contribution in [-0.4, -0.2) is 30.3 Å². The predicted molar refractivity (Wildman–Crippen MR) is 68.0 cm³/mol. The first-order valence-electron chi connectivity index (χ1n) is 6.60. The number of pyridine rings is 1. The number of rotatable bonds is 6. The van der Waals surface area contributed by atoms with Crippen LogP contribution < -0.4 is 10.2 Å². The Balaban J connectivity index is 2.24. The van der Waals surface area contributed by atoms with E-state index in [4.69, 9.17) is 0 Å². The van der Waals surface area contributed by atoms with Crippen molar-refractivity contribution in [3.63, 3.8) is 0 Å². The summed E-state index contributed by atoms with van der Waals surface area (Å²) in [5.74, 6) is -0.857. The third-order valence-electron chi connectivity index (χ3n) is 3.13. The van der Waals surface area contributed by atoms with Crippen molar-refractivity contribution in [2.75, 3.05) is 18.0 Å². The van der Waals surface area contributed by atoms with Crippen LogP contribution in [0.5, 0.6) is 0 Å². The zero-order chi connectivity index (χ0) is 14.8. The minimum absolute atomic E-state index is 0.194. The van der Waals surface area contributed by atoms with Gasteiger partial charge in [-0.25, -0.2) is 9.37 Å². The van der Waals surface area contributed by atoms with Crippen LogP contribution in [0.3, 0.4) is 0 Å². The van der Waals surface area contributed by atoms with Gasteiger partial charge in [0.25, 0.3) is 0 Å². The molecular weight excluding hydrogens is 274 g/mol. The first-order valence-corrected chi connectivity index (χ1v) is 6.60. The van der Waals surface area contributed by atoms with E-state index in [0.717, 1.165) is 4.90 Å². The Kier molecular flexibility index (Phi) is 4.47. The van der Waals surface area contributed by atoms with E-state index in [2.05, 4.69) is 10.3 Å². The van der Waals surface area contributed by atoms with Crippen LogP contribution >= 0.6 is 0 Å². The fourth-order valence-electron chi connectivity index (χ4n) is 2.02. The largest absolute Gasteiger partial charge is 0.405 e. The van der Waals surface area contributed by atoms with Crippen LogP contribution in [0.1, 0.15) is 25.3 Å². The molecule has 0 atom stereocenters. The summed E-state index contributed by atoms with van der Waals surface area (Å²) in [5, 5.41) is 2.96. The minimum atomic E-state index is -4.37. The molecule has 7 heteroatoms. The van der Waals surface area contributed by atoms with E-state index in [1.165, 1.54) is 12.3 Å². The molecule has 0 bridgehead atoms. The maximum absolute atomic E-state index is 14.3. The molecule has 0 aromatic carbocycles. The molecule has 1 aliphatic carbocycles. The van der Waals surface area contributed by atoms with E-state index >= 15 is 0 Å². The van der Waals surface area contributed by atoms with Crippen LogP contribution in [0.25, 0.3) is 0 Å². The molecule has 1 fully saturated rings. The number of halogens is 4. The number of nitrogens with one attached hydrogen (secondary N) is 1. The van der Waals surface area contributed by atoms with Gasteiger partial charge >= 0.3 is 6.18 Å². The molecule has 112 valence electrons. The van der Waals surface area contributed by atoms with Gasteiger partial charge in [-0.2, -0.15) is 13.2 Å². The van der Waals surface area contributed by atoms with E-state index < -0.39 is 18.5 Å². The van der Waals surface area contributed by atoms with Crippen molar-refractivity contribution in [1.29, 1.82) is 0 Å². The van der Waals surface area contributed by atoms with Crippen LogP contribution in [-0.2, 0) is 6.54 Å². The standard InChI is InChI=1S/C13H17F4N3/c1-2-18-7-9-5-6-19-12(11(9)14)20(10-3-4-10)8-13(15,16)17/h5-6,10,18H,2-4,7-8H2,1H3. The molecule has 1 saturated carbocycles. The van der Waals surface area contributed by atoms with Gasteiger partial charge in [0.05, 0.1) is 0 Å². The highest BCUT2D eigenvalue weighted by molar-refractivity contribution is 5.45. The molecule has 1 aromatic heterocycles. The van der Waals surface area contributed by atoms with Gasteiger partial charge in [0.1, 0.15) is 6.54 Å². The first-order chi connectivity index (χ1) is 9.42. The molecular formula is C13H17F4N3. The second-order valence-electron chi connectivity index (χ2n) is 4.86. The van der Waals surface area contributed by atoms with Crippen molar-refractivity contribution < 1.29 is 17.6 Å². The highest BCUT2D eigenvalue weighted by Crippen LogP contribution is 2.35. The maximum Gasteiger partial charge on any atom is 0.405 e. The van der Waals surface area contributed by atoms with Gasteiger partial charge < -0.3 is 10.2 Å². The molecule has 2 rings (SSSR count). The summed E-state index contributed by atoms with van der Waals surface area (Å²) in [7, 11) is 0. The van der Waals surface area contributed by atoms with Crippen molar-refractivity contribution in [1.82, 2.24) is 10.3 Å². The Bertz CT molecular complexity index is 457. The van der Waals surface area contributed by atoms with Crippen LogP contribution in [0.15, 0.2) is 12.3 Å². The average Bonchev–Trinajstić information content (AvgIpc) is 3.18. The van der Waals surface area contributed by atoms with Crippen molar-refractivity contribution in [2.24, 2.45) is 0 Å². The Morgan fingerprint density at radius 2 is 2.10 bits per heavy atom. The lowest BCUT2D eigenvalue weighted by molar-refractivity contribution is -0.120. The van der Waals surface area contributed by atoms with Gasteiger partial charge in [-0.05, 0) is 25.5 Å². The number of alkyl halides is 3. The van der Waals surface area contributed by atoms with Crippen molar-refractivity contribution in [2.45, 2.75) is 38.5 Å². The molecule has 0 spiro atoms. The van der Waals surface area contributed by atoms with E-state index in [1.807, 2.05) is 6.92 Å². The second kappa shape index (κ2) is 5.95. The first kappa shape index (κ1) is 15.0. The van der Waals surface area contributed by atoms with Crippen molar-refractivity contribution in [3.8, 4) is 0 Å². The molecule has 3 nitrogen and oxygen atoms in total. The van der Waals surface area contributed by atoms with Gasteiger partial charge in [0, 0.05) is 24.3 Å². The van der Waals surface area contributed by atoms with Crippen LogP contribution in [0.2, 0.25) is 0 Å². The number of hydrogen-bond acceptors (Lipinski definition) is 3. The molecule has 0 saturated heterocycles. The Hall–Kier alpha value is -1.37. The van der Waals surface area contributed by atoms with Gasteiger partial charge in [0.2, 0.25) is 0 Å². The average molecular weight is 291 g/mol. The van der Waals surface area contributed by atoms with E-state index in [9.17, 15) is 17.6 Å². The highest BCUT2D eigenvalue weighted by Gasteiger charge is 2.40. The number of nitrogens with zero attached hydrogens (tertiary/aromatic N) is 2. The molecule has 1 aromatic rings. The number of anilines is 1. The van der Waals surface area contributed by atoms with Gasteiger partial charge in [-0.1, -0.05) is 6.92 Å². The Morgan fingerprint density at radius 1 is 1.40 bits per heavy atom. The van der Waals surface area contributed by atoms with Crippen LogP contribution in [0, 0.1) is 5.82 Å². The summed E-state index contributed by atoms with van der Waals surface area (Å²) in [6, 6.07) is 1.23. The lowest BCUT2D eigenvalue weighted by Gasteiger charge is -2.25. The number of hydrogen-bond donors (Lipinski definition) is 1. The molecule has 1 N–H and O–H groups in total. The summed E-state index contributed by atoms with van der Waals surface area (Å²) in [4.78, 5) is 4.85. The zero-order valence-corrected chi connectivity index (χ0v) is 11.2. The van der Waals surface area contributed by atoms with Gasteiger partial charge in [-0.3, -0.25) is 0 Å². The molecule has 0 amide bonds. The maximum atomic E-state index is 14.3. The molecule has 0 radical (unpaired) electrons. The summed E-state index contributed by atoms with van der Waals surface area (Å²) in [6.07, 6.45) is -1.71. The summed E-state index contributed by atoms with van der Waals surface area (Å²) in [5.41, 5.74) is 0.338. The lowest BCUT2D eigenvalue weighted by atomic mass is 10.2. The fraction of sp³-hybridized carbons (Fsp3) is 0.615. The van der Waals surface area contributed by atoms with Gasteiger partial charge in [0.15, 0.2) is 11.6 Å². The molecule has 1 heterocycles. The van der Waals surface area contributed by atoms with E-state index in [0.29, 0.717) is 24.9 Å². The fourth-order valence-corrected chi connectivity index (χ4v) is 2.02. The molecule has 20 heavy (non-hydrogen) atoms. The summed E-state index contributed by atoms with van der Waals surface area (Å²) >= 11 is 0. The number of aromatic nitrogens is 1. The zero-order valence-electron chi connectivity index (χ0n) is 11.2. The quantitative estimate of drug-likeness (QED) is 0.817. The minimum Gasteiger partial charge on any atom is -0.342 e. The highest BCUT2D eigenvalue weighted by atomic mass is 19.4. The Labute approximate surface area is 115 Å². The van der Waals surface area contributed by atoms with E-state index in [1.54, 1.807) is 0 Å². The van der Waals surface area contributed by atoms with Gasteiger partial charge in [-0.15, -0.1) is 0 Å². The lowest BCUT2D eigenvalue weighted by Crippen LogP contribution is -2.37.